The van der Waals surface area contributed by atoms with Gasteiger partial charge < -0.3 is 5.73 Å². The lowest BCUT2D eigenvalue weighted by Crippen LogP contribution is -1.98. The lowest BCUT2D eigenvalue weighted by Gasteiger charge is -2.06. The summed E-state index contributed by atoms with van der Waals surface area (Å²) >= 11 is 6.00. The largest absolute Gasteiger partial charge is 0.366 e. The van der Waals surface area contributed by atoms with Gasteiger partial charge in [-0.3, -0.25) is 5.10 Å². The molecule has 0 saturated heterocycles. The van der Waals surface area contributed by atoms with E-state index in [1.165, 1.54) is 6.33 Å². The summed E-state index contributed by atoms with van der Waals surface area (Å²) in [6.07, 6.45) is 3.04. The van der Waals surface area contributed by atoms with E-state index in [0.717, 1.165) is 11.3 Å². The number of hydrogen-bond donors (Lipinski definition) is 2. The van der Waals surface area contributed by atoms with Gasteiger partial charge in [-0.15, -0.1) is 5.10 Å². The molecule has 0 aliphatic rings. The summed E-state index contributed by atoms with van der Waals surface area (Å²) in [5, 5.41) is 11.2. The van der Waals surface area contributed by atoms with Crippen molar-refractivity contribution in [3.05, 3.63) is 35.9 Å². The molecule has 3 N–H and O–H groups in total. The fourth-order valence-corrected chi connectivity index (χ4v) is 1.80. The Bertz CT molecular complexity index is 673. The van der Waals surface area contributed by atoms with Crippen molar-refractivity contribution in [1.29, 1.82) is 0 Å². The van der Waals surface area contributed by atoms with E-state index in [0.29, 0.717) is 10.8 Å². The average Bonchev–Trinajstić information content (AvgIpc) is 2.99. The van der Waals surface area contributed by atoms with Gasteiger partial charge in [-0.2, -0.15) is 10.1 Å². The molecule has 0 bridgehead atoms. The molecule has 0 amide bonds. The molecule has 0 fully saturated rings. The molecular formula is C10H8ClN7. The van der Waals surface area contributed by atoms with Gasteiger partial charge >= 0.3 is 0 Å². The Morgan fingerprint density at radius 3 is 2.89 bits per heavy atom. The minimum absolute atomic E-state index is 0.175. The zero-order valence-electron chi connectivity index (χ0n) is 9.08. The Balaban J connectivity index is 2.21. The number of hydrogen-bond acceptors (Lipinski definition) is 5. The van der Waals surface area contributed by atoms with Crippen LogP contribution in [-0.4, -0.2) is 29.9 Å². The van der Waals surface area contributed by atoms with Gasteiger partial charge in [0.25, 0.3) is 0 Å². The van der Waals surface area contributed by atoms with Crippen molar-refractivity contribution >= 4 is 17.5 Å². The van der Waals surface area contributed by atoms with Crippen LogP contribution >= 0.6 is 11.6 Å². The lowest BCUT2D eigenvalue weighted by molar-refractivity contribution is 0.879. The zero-order chi connectivity index (χ0) is 12.5. The maximum atomic E-state index is 6.00. The Kier molecular flexibility index (Phi) is 2.45. The van der Waals surface area contributed by atoms with Gasteiger partial charge in [-0.25, -0.2) is 9.67 Å². The van der Waals surface area contributed by atoms with E-state index in [-0.39, 0.29) is 5.95 Å². The molecule has 7 nitrogen and oxygen atoms in total. The number of nitrogen functional groups attached to an aromatic ring is 1. The van der Waals surface area contributed by atoms with Gasteiger partial charge in [0.1, 0.15) is 12.7 Å². The summed E-state index contributed by atoms with van der Waals surface area (Å²) in [6.45, 7) is 0. The van der Waals surface area contributed by atoms with Gasteiger partial charge in [-0.1, -0.05) is 11.6 Å². The molecule has 8 heteroatoms. The fourth-order valence-electron chi connectivity index (χ4n) is 1.63. The van der Waals surface area contributed by atoms with Crippen LogP contribution in [0.15, 0.2) is 30.9 Å². The monoisotopic (exact) mass is 261 g/mol. The smallest absolute Gasteiger partial charge is 0.239 e. The van der Waals surface area contributed by atoms with Crippen LogP contribution in [0.4, 0.5) is 5.95 Å². The van der Waals surface area contributed by atoms with E-state index in [9.17, 15) is 0 Å². The van der Waals surface area contributed by atoms with E-state index in [2.05, 4.69) is 25.3 Å². The zero-order valence-corrected chi connectivity index (χ0v) is 9.83. The Morgan fingerprint density at radius 2 is 2.22 bits per heavy atom. The van der Waals surface area contributed by atoms with Crippen LogP contribution in [0.5, 0.6) is 0 Å². The number of halogens is 1. The van der Waals surface area contributed by atoms with Gasteiger partial charge in [0, 0.05) is 10.6 Å². The molecule has 90 valence electrons. The van der Waals surface area contributed by atoms with E-state index < -0.39 is 0 Å². The fraction of sp³-hybridized carbons (Fsp3) is 0. The summed E-state index contributed by atoms with van der Waals surface area (Å²) in [7, 11) is 0. The Hall–Kier alpha value is -2.41. The predicted octanol–water partition coefficient (Wildman–Crippen LogP) is 1.29. The highest BCUT2D eigenvalue weighted by atomic mass is 35.5. The van der Waals surface area contributed by atoms with E-state index >= 15 is 0 Å². The first-order valence-corrected chi connectivity index (χ1v) is 5.44. The molecule has 0 aliphatic heterocycles. The molecule has 18 heavy (non-hydrogen) atoms. The summed E-state index contributed by atoms with van der Waals surface area (Å²) in [5.41, 5.74) is 7.03. The number of benzene rings is 1. The molecule has 1 aromatic carbocycles. The molecule has 2 aromatic heterocycles. The molecule has 0 unspecified atom stereocenters. The quantitative estimate of drug-likeness (QED) is 0.724. The minimum Gasteiger partial charge on any atom is -0.366 e. The molecule has 2 heterocycles. The predicted molar refractivity (Wildman–Crippen MR) is 66.2 cm³/mol. The van der Waals surface area contributed by atoms with Gasteiger partial charge in [0.15, 0.2) is 5.82 Å². The third-order valence-corrected chi connectivity index (χ3v) is 2.62. The van der Waals surface area contributed by atoms with Crippen molar-refractivity contribution in [2.45, 2.75) is 0 Å². The maximum absolute atomic E-state index is 6.00. The minimum atomic E-state index is 0.175. The van der Waals surface area contributed by atoms with E-state index in [1.54, 1.807) is 23.1 Å². The number of aromatic amines is 1. The van der Waals surface area contributed by atoms with Crippen LogP contribution in [-0.2, 0) is 0 Å². The van der Waals surface area contributed by atoms with E-state index in [4.69, 9.17) is 17.3 Å². The molecule has 3 aromatic rings. The highest BCUT2D eigenvalue weighted by Gasteiger charge is 2.12. The van der Waals surface area contributed by atoms with Crippen molar-refractivity contribution in [2.75, 3.05) is 5.73 Å². The summed E-state index contributed by atoms with van der Waals surface area (Å²) in [4.78, 5) is 7.99. The Labute approximate surface area is 107 Å². The molecule has 0 aliphatic carbocycles. The number of rotatable bonds is 2. The molecule has 0 radical (unpaired) electrons. The van der Waals surface area contributed by atoms with Crippen molar-refractivity contribution in [2.24, 2.45) is 0 Å². The standard InChI is InChI=1S/C10H8ClN7/c11-6-1-2-8(18-5-13-4-14-18)7(3-6)9-15-10(12)17-16-9/h1-5H,(H3,12,15,16,17). The van der Waals surface area contributed by atoms with Crippen LogP contribution < -0.4 is 5.73 Å². The van der Waals surface area contributed by atoms with Gasteiger partial charge in [0.2, 0.25) is 5.95 Å². The third kappa shape index (κ3) is 1.80. The lowest BCUT2D eigenvalue weighted by atomic mass is 10.1. The second-order valence-corrected chi connectivity index (χ2v) is 3.98. The first kappa shape index (κ1) is 10.7. The highest BCUT2D eigenvalue weighted by molar-refractivity contribution is 6.31. The highest BCUT2D eigenvalue weighted by Crippen LogP contribution is 2.26. The van der Waals surface area contributed by atoms with Crippen LogP contribution in [0, 0.1) is 0 Å². The number of H-pyrrole nitrogens is 1. The number of nitrogens with two attached hydrogens (primary N) is 1. The number of nitrogens with one attached hydrogen (secondary N) is 1. The average molecular weight is 262 g/mol. The van der Waals surface area contributed by atoms with Crippen LogP contribution in [0.2, 0.25) is 5.02 Å². The maximum Gasteiger partial charge on any atom is 0.239 e. The second-order valence-electron chi connectivity index (χ2n) is 3.54. The van der Waals surface area contributed by atoms with E-state index in [1.807, 2.05) is 6.07 Å². The van der Waals surface area contributed by atoms with Crippen LogP contribution in [0.25, 0.3) is 17.1 Å². The van der Waals surface area contributed by atoms with Gasteiger partial charge in [-0.05, 0) is 18.2 Å². The number of aromatic nitrogens is 6. The van der Waals surface area contributed by atoms with Crippen molar-refractivity contribution in [1.82, 2.24) is 29.9 Å². The normalized spacial score (nSPS) is 10.7. The number of nitrogens with zero attached hydrogens (tertiary/aromatic N) is 5. The molecular weight excluding hydrogens is 254 g/mol. The molecule has 0 atom stereocenters. The van der Waals surface area contributed by atoms with Crippen LogP contribution in [0.3, 0.4) is 0 Å². The molecule has 0 saturated carbocycles. The summed E-state index contributed by atoms with van der Waals surface area (Å²) < 4.78 is 1.62. The van der Waals surface area contributed by atoms with Crippen molar-refractivity contribution in [3.63, 3.8) is 0 Å². The van der Waals surface area contributed by atoms with Gasteiger partial charge in [0.05, 0.1) is 5.69 Å². The SMILES string of the molecule is Nc1n[nH]c(-c2cc(Cl)ccc2-n2cncn2)n1. The Morgan fingerprint density at radius 1 is 1.33 bits per heavy atom. The number of anilines is 1. The van der Waals surface area contributed by atoms with Crippen molar-refractivity contribution in [3.8, 4) is 17.1 Å². The third-order valence-electron chi connectivity index (χ3n) is 2.38. The summed E-state index contributed by atoms with van der Waals surface area (Å²) in [6, 6.07) is 5.35. The first-order valence-electron chi connectivity index (χ1n) is 5.07. The van der Waals surface area contributed by atoms with Crippen LogP contribution in [0.1, 0.15) is 0 Å². The topological polar surface area (TPSA) is 98.3 Å². The second kappa shape index (κ2) is 4.11. The summed E-state index contributed by atoms with van der Waals surface area (Å²) in [5.74, 6) is 0.704. The van der Waals surface area contributed by atoms with Crippen molar-refractivity contribution < 1.29 is 0 Å². The molecule has 3 rings (SSSR count). The first-order chi connectivity index (χ1) is 8.74. The molecule has 0 spiro atoms.